The number of hydrogen-bond acceptors (Lipinski definition) is 5. The number of hydrogen-bond donors (Lipinski definition) is 1. The molecule has 7 heteroatoms. The van der Waals surface area contributed by atoms with Gasteiger partial charge in [-0.2, -0.15) is 0 Å². The Morgan fingerprint density at radius 2 is 2.37 bits per heavy atom. The highest BCUT2D eigenvalue weighted by molar-refractivity contribution is 9.10. The van der Waals surface area contributed by atoms with Gasteiger partial charge < -0.3 is 4.74 Å². The quantitative estimate of drug-likeness (QED) is 0.869. The molecule has 0 unspecified atom stereocenters. The third-order valence-corrected chi connectivity index (χ3v) is 3.30. The lowest BCUT2D eigenvalue weighted by Gasteiger charge is -2.04. The Morgan fingerprint density at radius 1 is 1.53 bits per heavy atom. The minimum absolute atomic E-state index is 0.265. The molecule has 1 aromatic carbocycles. The first-order valence-corrected chi connectivity index (χ1v) is 6.95. The van der Waals surface area contributed by atoms with Crippen LogP contribution in [0.4, 0.5) is 5.13 Å². The van der Waals surface area contributed by atoms with Gasteiger partial charge in [-0.25, -0.2) is 0 Å². The average Bonchev–Trinajstić information content (AvgIpc) is 2.89. The standard InChI is InChI=1S/C12H10BrN3O2S/c1-18-10-4-3-9(13)6-8(10)2-5-11(17)15-12-16-14-7-19-12/h2-7H,1H3,(H,15,16,17). The molecule has 0 aliphatic heterocycles. The zero-order valence-electron chi connectivity index (χ0n) is 9.96. The first-order valence-electron chi connectivity index (χ1n) is 5.28. The molecule has 1 aromatic heterocycles. The van der Waals surface area contributed by atoms with Crippen molar-refractivity contribution in [3.8, 4) is 5.75 Å². The predicted molar refractivity (Wildman–Crippen MR) is 78.3 cm³/mol. The van der Waals surface area contributed by atoms with Crippen LogP contribution >= 0.6 is 27.3 Å². The molecule has 1 N–H and O–H groups in total. The summed E-state index contributed by atoms with van der Waals surface area (Å²) in [5.74, 6) is 0.432. The molecule has 0 fully saturated rings. The van der Waals surface area contributed by atoms with Gasteiger partial charge in [0.2, 0.25) is 11.0 Å². The molecule has 1 amide bonds. The van der Waals surface area contributed by atoms with Gasteiger partial charge in [0.15, 0.2) is 0 Å². The highest BCUT2D eigenvalue weighted by Gasteiger charge is 2.03. The average molecular weight is 340 g/mol. The van der Waals surface area contributed by atoms with Gasteiger partial charge in [0.05, 0.1) is 7.11 Å². The van der Waals surface area contributed by atoms with Gasteiger partial charge in [-0.3, -0.25) is 10.1 Å². The second-order valence-corrected chi connectivity index (χ2v) is 5.20. The Balaban J connectivity index is 2.09. The molecule has 5 nitrogen and oxygen atoms in total. The molecule has 0 aliphatic carbocycles. The first-order chi connectivity index (χ1) is 9.19. The van der Waals surface area contributed by atoms with E-state index in [1.54, 1.807) is 18.7 Å². The minimum atomic E-state index is -0.265. The zero-order chi connectivity index (χ0) is 13.7. The SMILES string of the molecule is COc1ccc(Br)cc1C=CC(=O)Nc1nncs1. The maximum Gasteiger partial charge on any atom is 0.250 e. The van der Waals surface area contributed by atoms with E-state index in [4.69, 9.17) is 4.74 Å². The van der Waals surface area contributed by atoms with E-state index in [1.807, 2.05) is 18.2 Å². The topological polar surface area (TPSA) is 64.1 Å². The Bertz CT molecular complexity index is 599. The summed E-state index contributed by atoms with van der Waals surface area (Å²) in [6.07, 6.45) is 3.10. The van der Waals surface area contributed by atoms with Crippen molar-refractivity contribution < 1.29 is 9.53 Å². The smallest absolute Gasteiger partial charge is 0.250 e. The number of nitrogens with one attached hydrogen (secondary N) is 1. The molecule has 1 heterocycles. The summed E-state index contributed by atoms with van der Waals surface area (Å²) in [5, 5.41) is 10.4. The highest BCUT2D eigenvalue weighted by atomic mass is 79.9. The molecule has 2 rings (SSSR count). The molecule has 2 aromatic rings. The van der Waals surface area contributed by atoms with Crippen LogP contribution in [0.1, 0.15) is 5.56 Å². The molecule has 19 heavy (non-hydrogen) atoms. The van der Waals surface area contributed by atoms with Crippen LogP contribution in [0.5, 0.6) is 5.75 Å². The van der Waals surface area contributed by atoms with Gasteiger partial charge in [0.25, 0.3) is 0 Å². The zero-order valence-corrected chi connectivity index (χ0v) is 12.4. The summed E-state index contributed by atoms with van der Waals surface area (Å²) in [5.41, 5.74) is 2.36. The summed E-state index contributed by atoms with van der Waals surface area (Å²) in [6.45, 7) is 0. The van der Waals surface area contributed by atoms with Gasteiger partial charge in [-0.1, -0.05) is 27.3 Å². The minimum Gasteiger partial charge on any atom is -0.496 e. The number of halogens is 1. The van der Waals surface area contributed by atoms with Gasteiger partial charge in [0.1, 0.15) is 11.3 Å². The summed E-state index contributed by atoms with van der Waals surface area (Å²) >= 11 is 4.64. The number of amides is 1. The third-order valence-electron chi connectivity index (χ3n) is 2.20. The molecule has 0 bridgehead atoms. The van der Waals surface area contributed by atoms with Gasteiger partial charge in [-0.05, 0) is 24.3 Å². The fraction of sp³-hybridized carbons (Fsp3) is 0.0833. The summed E-state index contributed by atoms with van der Waals surface area (Å²) in [7, 11) is 1.59. The fourth-order valence-electron chi connectivity index (χ4n) is 1.38. The largest absolute Gasteiger partial charge is 0.496 e. The fourth-order valence-corrected chi connectivity index (χ4v) is 2.20. The number of carbonyl (C=O) groups excluding carboxylic acids is 1. The van der Waals surface area contributed by atoms with Crippen molar-refractivity contribution in [3.05, 3.63) is 39.8 Å². The van der Waals surface area contributed by atoms with Crippen molar-refractivity contribution in [2.45, 2.75) is 0 Å². The van der Waals surface area contributed by atoms with Crippen LogP contribution in [0.2, 0.25) is 0 Å². The van der Waals surface area contributed by atoms with Crippen molar-refractivity contribution >= 4 is 44.4 Å². The number of benzene rings is 1. The number of anilines is 1. The molecule has 0 radical (unpaired) electrons. The van der Waals surface area contributed by atoms with Crippen LogP contribution in [0.3, 0.4) is 0 Å². The molecule has 0 saturated carbocycles. The number of ether oxygens (including phenoxy) is 1. The van der Waals surface area contributed by atoms with E-state index in [0.29, 0.717) is 10.9 Å². The first kappa shape index (κ1) is 13.7. The van der Waals surface area contributed by atoms with Gasteiger partial charge >= 0.3 is 0 Å². The van der Waals surface area contributed by atoms with Crippen molar-refractivity contribution in [2.24, 2.45) is 0 Å². The third kappa shape index (κ3) is 3.87. The lowest BCUT2D eigenvalue weighted by molar-refractivity contribution is -0.111. The predicted octanol–water partition coefficient (Wildman–Crippen LogP) is 2.96. The van der Waals surface area contributed by atoms with Crippen molar-refractivity contribution in [1.82, 2.24) is 10.2 Å². The Kier molecular flexibility index (Phi) is 4.64. The van der Waals surface area contributed by atoms with E-state index in [1.165, 1.54) is 17.4 Å². The van der Waals surface area contributed by atoms with E-state index in [9.17, 15) is 4.79 Å². The van der Waals surface area contributed by atoms with E-state index in [0.717, 1.165) is 10.0 Å². The number of nitrogens with zero attached hydrogens (tertiary/aromatic N) is 2. The van der Waals surface area contributed by atoms with E-state index < -0.39 is 0 Å². The van der Waals surface area contributed by atoms with Crippen LogP contribution in [-0.2, 0) is 4.79 Å². The summed E-state index contributed by atoms with van der Waals surface area (Å²) in [4.78, 5) is 11.7. The second-order valence-electron chi connectivity index (χ2n) is 3.45. The number of carbonyl (C=O) groups is 1. The summed E-state index contributed by atoms with van der Waals surface area (Å²) < 4.78 is 6.13. The van der Waals surface area contributed by atoms with Gasteiger partial charge in [0, 0.05) is 16.1 Å². The van der Waals surface area contributed by atoms with E-state index in [-0.39, 0.29) is 5.91 Å². The molecule has 0 spiro atoms. The molecule has 98 valence electrons. The van der Waals surface area contributed by atoms with Crippen molar-refractivity contribution in [2.75, 3.05) is 12.4 Å². The molecule has 0 aliphatic rings. The lowest BCUT2D eigenvalue weighted by Crippen LogP contribution is -2.07. The van der Waals surface area contributed by atoms with Crippen LogP contribution in [-0.4, -0.2) is 23.2 Å². The summed E-state index contributed by atoms with van der Waals surface area (Å²) in [6, 6.07) is 5.57. The maximum atomic E-state index is 11.7. The Labute approximate surface area is 122 Å². The molecule has 0 atom stereocenters. The van der Waals surface area contributed by atoms with Crippen LogP contribution < -0.4 is 10.1 Å². The normalized spacial score (nSPS) is 10.6. The van der Waals surface area contributed by atoms with E-state index >= 15 is 0 Å². The van der Waals surface area contributed by atoms with Crippen LogP contribution in [0.15, 0.2) is 34.3 Å². The van der Waals surface area contributed by atoms with Gasteiger partial charge in [-0.15, -0.1) is 10.2 Å². The van der Waals surface area contributed by atoms with Crippen LogP contribution in [0.25, 0.3) is 6.08 Å². The van der Waals surface area contributed by atoms with Crippen molar-refractivity contribution in [3.63, 3.8) is 0 Å². The Hall–Kier alpha value is -1.73. The highest BCUT2D eigenvalue weighted by Crippen LogP contribution is 2.24. The number of rotatable bonds is 4. The number of methoxy groups -OCH3 is 1. The lowest BCUT2D eigenvalue weighted by atomic mass is 10.2. The monoisotopic (exact) mass is 339 g/mol. The molecule has 0 saturated heterocycles. The van der Waals surface area contributed by atoms with Crippen LogP contribution in [0, 0.1) is 0 Å². The maximum absolute atomic E-state index is 11.7. The molecular weight excluding hydrogens is 330 g/mol. The Morgan fingerprint density at radius 3 is 3.05 bits per heavy atom. The second kappa shape index (κ2) is 6.44. The van der Waals surface area contributed by atoms with E-state index in [2.05, 4.69) is 31.4 Å². The van der Waals surface area contributed by atoms with Crippen molar-refractivity contribution in [1.29, 1.82) is 0 Å². The number of aromatic nitrogens is 2. The molecular formula is C12H10BrN3O2S.